The second kappa shape index (κ2) is 9.86. The summed E-state index contributed by atoms with van der Waals surface area (Å²) in [4.78, 5) is 49.0. The number of carbonyl (C=O) groups is 4. The van der Waals surface area contributed by atoms with E-state index in [0.717, 1.165) is 10.5 Å². The van der Waals surface area contributed by atoms with Crippen LogP contribution in [0.4, 0.5) is 10.5 Å². The Balaban J connectivity index is 1.71. The third-order valence-electron chi connectivity index (χ3n) is 4.75. The molecule has 2 aromatic rings. The van der Waals surface area contributed by atoms with Crippen LogP contribution in [-0.2, 0) is 14.4 Å². The molecule has 3 N–H and O–H groups in total. The van der Waals surface area contributed by atoms with E-state index in [4.69, 9.17) is 14.6 Å². The van der Waals surface area contributed by atoms with E-state index in [1.807, 2.05) is 19.1 Å². The average Bonchev–Trinajstić information content (AvgIpc) is 3.03. The molecule has 1 saturated heterocycles. The van der Waals surface area contributed by atoms with Gasteiger partial charge in [0, 0.05) is 5.69 Å². The second-order valence-electron chi connectivity index (χ2n) is 7.30. The summed E-state index contributed by atoms with van der Waals surface area (Å²) in [6.45, 7) is 2.85. The highest BCUT2D eigenvalue weighted by atomic mass is 16.5. The summed E-state index contributed by atoms with van der Waals surface area (Å²) in [5.41, 5.74) is 2.07. The molecule has 0 aromatic heterocycles. The van der Waals surface area contributed by atoms with Crippen LogP contribution in [0.1, 0.15) is 18.1 Å². The highest BCUT2D eigenvalue weighted by Gasteiger charge is 2.35. The summed E-state index contributed by atoms with van der Waals surface area (Å²) in [7, 11) is 1.39. The molecule has 2 aromatic carbocycles. The summed E-state index contributed by atoms with van der Waals surface area (Å²) in [6, 6.07) is 11.0. The van der Waals surface area contributed by atoms with Crippen molar-refractivity contribution in [1.82, 2.24) is 10.2 Å². The third kappa shape index (κ3) is 5.67. The van der Waals surface area contributed by atoms with Crippen molar-refractivity contribution in [2.24, 2.45) is 0 Å². The molecule has 0 aliphatic carbocycles. The van der Waals surface area contributed by atoms with Crippen LogP contribution in [0, 0.1) is 6.92 Å². The molecule has 1 atom stereocenters. The fourth-order valence-electron chi connectivity index (χ4n) is 2.98. The zero-order chi connectivity index (χ0) is 24.1. The number of imide groups is 1. The lowest BCUT2D eigenvalue weighted by Crippen LogP contribution is -2.38. The number of carboxylic acid groups (broad SMARTS) is 1. The molecule has 4 amide bonds. The minimum Gasteiger partial charge on any atom is -0.493 e. The third-order valence-corrected chi connectivity index (χ3v) is 4.75. The van der Waals surface area contributed by atoms with Crippen LogP contribution < -0.4 is 20.1 Å². The van der Waals surface area contributed by atoms with Gasteiger partial charge in [0.2, 0.25) is 5.91 Å². The maximum Gasteiger partial charge on any atom is 0.344 e. The first-order valence-corrected chi connectivity index (χ1v) is 9.96. The molecule has 3 rings (SSSR count). The first-order chi connectivity index (χ1) is 15.7. The largest absolute Gasteiger partial charge is 0.493 e. The Morgan fingerprint density at radius 3 is 2.48 bits per heavy atom. The molecule has 0 bridgehead atoms. The summed E-state index contributed by atoms with van der Waals surface area (Å²) in [6.07, 6.45) is 0.337. The number of hydrogen-bond acceptors (Lipinski definition) is 6. The minimum atomic E-state index is -1.13. The molecule has 1 aliphatic heterocycles. The highest BCUT2D eigenvalue weighted by Crippen LogP contribution is 2.30. The van der Waals surface area contributed by atoms with Gasteiger partial charge >= 0.3 is 12.0 Å². The SMILES string of the molecule is COc1cc(/C=C2/NC(=O)N(CC(=O)Nc3ccc(C)cc3)C2=O)ccc1O[C@H](C)C(=O)O. The number of aliphatic carboxylic acids is 1. The molecule has 0 saturated carbocycles. The lowest BCUT2D eigenvalue weighted by Gasteiger charge is -2.14. The van der Waals surface area contributed by atoms with Crippen LogP contribution in [0.25, 0.3) is 6.08 Å². The standard InChI is InChI=1S/C23H23N3O7/c1-13-4-7-16(8-5-13)24-20(27)12-26-21(28)17(25-23(26)31)10-15-6-9-18(19(11-15)32-3)33-14(2)22(29)30/h4-11,14H,12H2,1-3H3,(H,24,27)(H,25,31)(H,29,30)/b17-10+/t14-/m1/s1. The Morgan fingerprint density at radius 2 is 1.85 bits per heavy atom. The van der Waals surface area contributed by atoms with Crippen molar-refractivity contribution in [1.29, 1.82) is 0 Å². The fourth-order valence-corrected chi connectivity index (χ4v) is 2.98. The van der Waals surface area contributed by atoms with E-state index in [0.29, 0.717) is 11.3 Å². The number of hydrogen-bond donors (Lipinski definition) is 3. The number of nitrogens with zero attached hydrogens (tertiary/aromatic N) is 1. The normalized spacial score (nSPS) is 15.2. The number of benzene rings is 2. The Labute approximate surface area is 189 Å². The van der Waals surface area contributed by atoms with Gasteiger partial charge in [0.15, 0.2) is 17.6 Å². The number of ether oxygens (including phenoxy) is 2. The zero-order valence-corrected chi connectivity index (χ0v) is 18.2. The molecule has 0 radical (unpaired) electrons. The molecular weight excluding hydrogens is 430 g/mol. The van der Waals surface area contributed by atoms with Gasteiger partial charge in [0.25, 0.3) is 5.91 Å². The topological polar surface area (TPSA) is 134 Å². The van der Waals surface area contributed by atoms with Crippen molar-refractivity contribution in [3.8, 4) is 11.5 Å². The number of methoxy groups -OCH3 is 1. The van der Waals surface area contributed by atoms with Gasteiger partial charge in [0.1, 0.15) is 12.2 Å². The monoisotopic (exact) mass is 453 g/mol. The Morgan fingerprint density at radius 1 is 1.15 bits per heavy atom. The fraction of sp³-hybridized carbons (Fsp3) is 0.217. The number of urea groups is 1. The van der Waals surface area contributed by atoms with Crippen molar-refractivity contribution in [3.63, 3.8) is 0 Å². The van der Waals surface area contributed by atoms with E-state index in [9.17, 15) is 19.2 Å². The van der Waals surface area contributed by atoms with E-state index < -0.39 is 36.5 Å². The van der Waals surface area contributed by atoms with Crippen LogP contribution >= 0.6 is 0 Å². The number of carboxylic acids is 1. The van der Waals surface area contributed by atoms with Crippen LogP contribution in [0.3, 0.4) is 0 Å². The van der Waals surface area contributed by atoms with E-state index >= 15 is 0 Å². The lowest BCUT2D eigenvalue weighted by molar-refractivity contribution is -0.144. The van der Waals surface area contributed by atoms with Crippen molar-refractivity contribution in [3.05, 3.63) is 59.3 Å². The first kappa shape index (κ1) is 23.3. The molecule has 10 heteroatoms. The average molecular weight is 453 g/mol. The maximum absolute atomic E-state index is 12.7. The predicted octanol–water partition coefficient (Wildman–Crippen LogP) is 2.39. The Kier molecular flexibility index (Phi) is 6.97. The number of aryl methyl sites for hydroxylation is 1. The van der Waals surface area contributed by atoms with E-state index in [2.05, 4.69) is 10.6 Å². The molecule has 172 valence electrons. The van der Waals surface area contributed by atoms with Gasteiger partial charge in [-0.2, -0.15) is 0 Å². The van der Waals surface area contributed by atoms with Crippen LogP contribution in [0.2, 0.25) is 0 Å². The lowest BCUT2D eigenvalue weighted by atomic mass is 10.1. The van der Waals surface area contributed by atoms with Gasteiger partial charge in [-0.1, -0.05) is 23.8 Å². The molecule has 1 fully saturated rings. The number of amides is 4. The summed E-state index contributed by atoms with van der Waals surface area (Å²) in [5, 5.41) is 14.1. The minimum absolute atomic E-state index is 0.0160. The number of rotatable bonds is 8. The van der Waals surface area contributed by atoms with Gasteiger partial charge in [-0.3, -0.25) is 9.59 Å². The van der Waals surface area contributed by atoms with Crippen molar-refractivity contribution >= 4 is 35.6 Å². The van der Waals surface area contributed by atoms with Gasteiger partial charge in [-0.05, 0) is 49.8 Å². The number of carbonyl (C=O) groups excluding carboxylic acids is 3. The predicted molar refractivity (Wildman–Crippen MR) is 119 cm³/mol. The van der Waals surface area contributed by atoms with E-state index in [1.54, 1.807) is 18.2 Å². The second-order valence-corrected chi connectivity index (χ2v) is 7.30. The smallest absolute Gasteiger partial charge is 0.344 e. The van der Waals surface area contributed by atoms with Crippen LogP contribution in [-0.4, -0.2) is 53.6 Å². The Hall–Kier alpha value is -4.34. The van der Waals surface area contributed by atoms with Gasteiger partial charge < -0.3 is 25.2 Å². The van der Waals surface area contributed by atoms with Gasteiger partial charge in [-0.15, -0.1) is 0 Å². The van der Waals surface area contributed by atoms with Gasteiger partial charge in [-0.25, -0.2) is 14.5 Å². The quantitative estimate of drug-likeness (QED) is 0.413. The van der Waals surface area contributed by atoms with Crippen LogP contribution in [0.5, 0.6) is 11.5 Å². The summed E-state index contributed by atoms with van der Waals surface area (Å²) >= 11 is 0. The molecule has 33 heavy (non-hydrogen) atoms. The maximum atomic E-state index is 12.7. The molecule has 0 spiro atoms. The highest BCUT2D eigenvalue weighted by molar-refractivity contribution is 6.16. The van der Waals surface area contributed by atoms with Crippen molar-refractivity contribution in [2.75, 3.05) is 19.0 Å². The summed E-state index contributed by atoms with van der Waals surface area (Å²) in [5.74, 6) is -1.83. The van der Waals surface area contributed by atoms with Crippen molar-refractivity contribution in [2.45, 2.75) is 20.0 Å². The Bertz CT molecular complexity index is 1130. The molecule has 1 heterocycles. The first-order valence-electron chi connectivity index (χ1n) is 9.96. The van der Waals surface area contributed by atoms with Crippen molar-refractivity contribution < 1.29 is 33.8 Å². The number of nitrogens with one attached hydrogen (secondary N) is 2. The van der Waals surface area contributed by atoms with Crippen LogP contribution in [0.15, 0.2) is 48.2 Å². The molecule has 0 unspecified atom stereocenters. The van der Waals surface area contributed by atoms with E-state index in [-0.39, 0.29) is 17.2 Å². The molecular formula is C23H23N3O7. The van der Waals surface area contributed by atoms with Gasteiger partial charge in [0.05, 0.1) is 7.11 Å². The van der Waals surface area contributed by atoms with E-state index in [1.165, 1.54) is 32.2 Å². The zero-order valence-electron chi connectivity index (χ0n) is 18.2. The molecule has 1 aliphatic rings. The molecule has 10 nitrogen and oxygen atoms in total. The number of anilines is 1. The summed E-state index contributed by atoms with van der Waals surface area (Å²) < 4.78 is 10.6.